The summed E-state index contributed by atoms with van der Waals surface area (Å²) < 4.78 is 0. The first-order chi connectivity index (χ1) is 2.41. The molecule has 0 aromatic carbocycles. The van der Waals surface area contributed by atoms with Gasteiger partial charge in [-0.2, -0.15) is 0 Å². The Hall–Kier alpha value is 1.45. The van der Waals surface area contributed by atoms with Gasteiger partial charge >= 0.3 is 37.7 Å². The normalized spacial score (nSPS) is 4.00. The van der Waals surface area contributed by atoms with Gasteiger partial charge in [-0.3, -0.25) is 0 Å². The van der Waals surface area contributed by atoms with Crippen LogP contribution in [0.5, 0.6) is 0 Å². The number of halogens is 2. The molecule has 0 nitrogen and oxygen atoms in total. The van der Waals surface area contributed by atoms with Gasteiger partial charge in [-0.1, -0.05) is 13.8 Å². The van der Waals surface area contributed by atoms with Gasteiger partial charge in [0.15, 0.2) is 0 Å². The molecule has 0 radical (unpaired) electrons. The molecule has 5 heavy (non-hydrogen) atoms. The van der Waals surface area contributed by atoms with Crippen LogP contribution in [0.15, 0.2) is 0 Å². The Bertz CT molecular complexity index is 7.61. The van der Waals surface area contributed by atoms with Gasteiger partial charge in [-0.05, 0) is 0 Å². The van der Waals surface area contributed by atoms with Crippen molar-refractivity contribution in [3.63, 3.8) is 0 Å². The predicted octanol–water partition coefficient (Wildman–Crippen LogP) is 2.40. The Labute approximate surface area is 51.4 Å². The quantitative estimate of drug-likeness (QED) is 0.597. The topological polar surface area (TPSA) is 0 Å². The van der Waals surface area contributed by atoms with Crippen LogP contribution in [0.4, 0.5) is 0 Å². The van der Waals surface area contributed by atoms with Crippen LogP contribution in [-0.2, 0) is 20.5 Å². The van der Waals surface area contributed by atoms with Gasteiger partial charge in [-0.25, -0.2) is 0 Å². The monoisotopic (exact) mass is 280 g/mol. The van der Waals surface area contributed by atoms with Gasteiger partial charge in [0.1, 0.15) is 0 Å². The molecule has 0 saturated carbocycles. The standard InChI is InChI=1S/C2H6.2ClH.Hf/c1-2;;;/h1-2H3;2*1H;/q;;;+2/p-2. The van der Waals surface area contributed by atoms with Gasteiger partial charge in [0.25, 0.3) is 0 Å². The summed E-state index contributed by atoms with van der Waals surface area (Å²) in [4.78, 5) is 0. The molecule has 0 rings (SSSR count). The van der Waals surface area contributed by atoms with E-state index in [1.54, 1.807) is 0 Å². The summed E-state index contributed by atoms with van der Waals surface area (Å²) in [5.41, 5.74) is 0. The third kappa shape index (κ3) is 30.9. The van der Waals surface area contributed by atoms with Crippen molar-refractivity contribution in [2.75, 3.05) is 0 Å². The molecule has 0 atom stereocenters. The SMILES string of the molecule is CC.[Cl][Hf][Cl]. The zero-order chi connectivity index (χ0) is 4.71. The van der Waals surface area contributed by atoms with Crippen LogP contribution in [0.2, 0.25) is 0 Å². The summed E-state index contributed by atoms with van der Waals surface area (Å²) in [6, 6.07) is 0. The maximum atomic E-state index is 4.96. The van der Waals surface area contributed by atoms with Gasteiger partial charge in [0.05, 0.1) is 0 Å². The molecule has 0 saturated heterocycles. The molecule has 0 aromatic rings. The molecule has 0 spiro atoms. The molecule has 0 aliphatic rings. The Morgan fingerprint density at radius 3 is 1.20 bits per heavy atom. The Balaban J connectivity index is 0. The average molecular weight is 279 g/mol. The van der Waals surface area contributed by atoms with Crippen molar-refractivity contribution >= 4 is 17.2 Å². The van der Waals surface area contributed by atoms with Crippen molar-refractivity contribution in [3.05, 3.63) is 0 Å². The number of hydrogen-bond acceptors (Lipinski definition) is 0. The van der Waals surface area contributed by atoms with E-state index in [-0.39, 0.29) is 0 Å². The zero-order valence-electron chi connectivity index (χ0n) is 3.26. The summed E-state index contributed by atoms with van der Waals surface area (Å²) in [6.07, 6.45) is 0. The van der Waals surface area contributed by atoms with Crippen LogP contribution in [-0.4, -0.2) is 0 Å². The first kappa shape index (κ1) is 9.67. The molecule has 3 heteroatoms. The number of hydrogen-bond donors (Lipinski definition) is 0. The fourth-order valence-corrected chi connectivity index (χ4v) is 0. The van der Waals surface area contributed by atoms with E-state index in [0.717, 1.165) is 0 Å². The average Bonchev–Trinajstić information content (AvgIpc) is 1.46. The van der Waals surface area contributed by atoms with Crippen LogP contribution < -0.4 is 0 Å². The van der Waals surface area contributed by atoms with Gasteiger partial charge in [0.2, 0.25) is 0 Å². The maximum absolute atomic E-state index is 4.96. The predicted molar refractivity (Wildman–Crippen MR) is 23.1 cm³/mol. The summed E-state index contributed by atoms with van der Waals surface area (Å²) in [6.45, 7) is 4.00. The molecule has 0 fully saturated rings. The second-order valence-electron chi connectivity index (χ2n) is 0.0714. The van der Waals surface area contributed by atoms with E-state index in [0.29, 0.717) is 0 Å². The zero-order valence-corrected chi connectivity index (χ0v) is 8.36. The Morgan fingerprint density at radius 1 is 1.20 bits per heavy atom. The third-order valence-corrected chi connectivity index (χ3v) is 0. The fourth-order valence-electron chi connectivity index (χ4n) is 0. The first-order valence-corrected chi connectivity index (χ1v) is 10.3. The molecule has 0 aromatic heterocycles. The summed E-state index contributed by atoms with van der Waals surface area (Å²) >= 11 is -0.972. The molecule has 0 amide bonds. The van der Waals surface area contributed by atoms with Crippen LogP contribution >= 0.6 is 17.2 Å². The van der Waals surface area contributed by atoms with Crippen LogP contribution in [0, 0.1) is 0 Å². The molecular weight excluding hydrogens is 273 g/mol. The molecule has 0 bridgehead atoms. The summed E-state index contributed by atoms with van der Waals surface area (Å²) in [7, 11) is 9.92. The van der Waals surface area contributed by atoms with Crippen LogP contribution in [0.1, 0.15) is 13.8 Å². The van der Waals surface area contributed by atoms with E-state index < -0.39 is 20.5 Å². The van der Waals surface area contributed by atoms with Gasteiger partial charge < -0.3 is 0 Å². The first-order valence-electron chi connectivity index (χ1n) is 1.38. The van der Waals surface area contributed by atoms with Crippen LogP contribution in [0.3, 0.4) is 0 Å². The molecule has 0 N–H and O–H groups in total. The van der Waals surface area contributed by atoms with E-state index in [4.69, 9.17) is 17.2 Å². The van der Waals surface area contributed by atoms with Crippen molar-refractivity contribution in [2.45, 2.75) is 13.8 Å². The van der Waals surface area contributed by atoms with E-state index in [1.807, 2.05) is 13.8 Å². The van der Waals surface area contributed by atoms with Crippen molar-refractivity contribution in [1.29, 1.82) is 0 Å². The second-order valence-corrected chi connectivity index (χ2v) is 5.26. The number of rotatable bonds is 0. The molecule has 0 heterocycles. The molecule has 0 aliphatic heterocycles. The van der Waals surface area contributed by atoms with E-state index in [1.165, 1.54) is 0 Å². The van der Waals surface area contributed by atoms with Crippen molar-refractivity contribution < 1.29 is 20.5 Å². The van der Waals surface area contributed by atoms with Gasteiger partial charge in [-0.15, -0.1) is 0 Å². The van der Waals surface area contributed by atoms with E-state index in [2.05, 4.69) is 0 Å². The van der Waals surface area contributed by atoms with E-state index in [9.17, 15) is 0 Å². The molecular formula is C2H6Cl2Hf. The van der Waals surface area contributed by atoms with Crippen molar-refractivity contribution in [3.8, 4) is 0 Å². The Morgan fingerprint density at radius 2 is 1.20 bits per heavy atom. The Kier molecular flexibility index (Phi) is 34.8. The van der Waals surface area contributed by atoms with E-state index >= 15 is 0 Å². The minimum absolute atomic E-state index is 0.972. The fraction of sp³-hybridized carbons (Fsp3) is 1.00. The third-order valence-electron chi connectivity index (χ3n) is 0. The summed E-state index contributed by atoms with van der Waals surface area (Å²) in [5, 5.41) is 0. The van der Waals surface area contributed by atoms with Crippen LogP contribution in [0.25, 0.3) is 0 Å². The molecule has 32 valence electrons. The van der Waals surface area contributed by atoms with Crippen molar-refractivity contribution in [1.82, 2.24) is 0 Å². The van der Waals surface area contributed by atoms with Gasteiger partial charge in [0, 0.05) is 0 Å². The van der Waals surface area contributed by atoms with Crippen molar-refractivity contribution in [2.24, 2.45) is 0 Å². The minimum atomic E-state index is -0.972. The molecule has 0 aliphatic carbocycles. The second kappa shape index (κ2) is 18.0. The molecule has 0 unspecified atom stereocenters. The summed E-state index contributed by atoms with van der Waals surface area (Å²) in [5.74, 6) is 0.